The van der Waals surface area contributed by atoms with E-state index in [2.05, 4.69) is 32.4 Å². The molecule has 134 valence electrons. The van der Waals surface area contributed by atoms with Crippen molar-refractivity contribution >= 4 is 11.6 Å². The number of aromatic nitrogens is 3. The van der Waals surface area contributed by atoms with E-state index in [0.29, 0.717) is 11.6 Å². The first kappa shape index (κ1) is 17.0. The SMILES string of the molecule is Cc1ccnc(Nc2cccc(-c3cnc(CCc4ccccc4)o3)n2)c1. The number of hydrogen-bond donors (Lipinski definition) is 1. The van der Waals surface area contributed by atoms with Gasteiger partial charge in [0, 0.05) is 12.6 Å². The highest BCUT2D eigenvalue weighted by Gasteiger charge is 2.09. The quantitative estimate of drug-likeness (QED) is 0.528. The minimum absolute atomic E-state index is 0.666. The Morgan fingerprint density at radius 3 is 2.63 bits per heavy atom. The van der Waals surface area contributed by atoms with Crippen LogP contribution in [0.15, 0.2) is 77.5 Å². The molecule has 0 bridgehead atoms. The van der Waals surface area contributed by atoms with Gasteiger partial charge in [0.15, 0.2) is 11.7 Å². The van der Waals surface area contributed by atoms with Gasteiger partial charge in [0.05, 0.1) is 6.20 Å². The number of hydrogen-bond acceptors (Lipinski definition) is 5. The van der Waals surface area contributed by atoms with Crippen molar-refractivity contribution in [2.75, 3.05) is 5.32 Å². The second-order valence-corrected chi connectivity index (χ2v) is 6.36. The van der Waals surface area contributed by atoms with Crippen LogP contribution in [0.5, 0.6) is 0 Å². The van der Waals surface area contributed by atoms with Gasteiger partial charge in [-0.3, -0.25) is 0 Å². The zero-order valence-corrected chi connectivity index (χ0v) is 15.1. The maximum Gasteiger partial charge on any atom is 0.195 e. The summed E-state index contributed by atoms with van der Waals surface area (Å²) in [4.78, 5) is 13.3. The Kier molecular flexibility index (Phi) is 4.92. The predicted molar refractivity (Wildman–Crippen MR) is 106 cm³/mol. The fourth-order valence-electron chi connectivity index (χ4n) is 2.82. The van der Waals surface area contributed by atoms with E-state index in [9.17, 15) is 0 Å². The molecule has 0 aliphatic carbocycles. The lowest BCUT2D eigenvalue weighted by Gasteiger charge is -2.06. The molecule has 0 radical (unpaired) electrons. The first-order valence-electron chi connectivity index (χ1n) is 8.92. The maximum absolute atomic E-state index is 5.90. The molecule has 0 saturated heterocycles. The van der Waals surface area contributed by atoms with E-state index in [4.69, 9.17) is 4.42 Å². The van der Waals surface area contributed by atoms with E-state index in [0.717, 1.165) is 35.8 Å². The molecule has 0 saturated carbocycles. The van der Waals surface area contributed by atoms with Gasteiger partial charge in [0.2, 0.25) is 0 Å². The molecule has 4 aromatic rings. The van der Waals surface area contributed by atoms with E-state index in [1.54, 1.807) is 12.4 Å². The van der Waals surface area contributed by atoms with E-state index in [-0.39, 0.29) is 0 Å². The van der Waals surface area contributed by atoms with Gasteiger partial charge in [-0.05, 0) is 48.7 Å². The lowest BCUT2D eigenvalue weighted by molar-refractivity contribution is 0.504. The van der Waals surface area contributed by atoms with Crippen LogP contribution in [-0.2, 0) is 12.8 Å². The van der Waals surface area contributed by atoms with Crippen molar-refractivity contribution in [2.24, 2.45) is 0 Å². The molecule has 0 fully saturated rings. The predicted octanol–water partition coefficient (Wildman–Crippen LogP) is 4.97. The minimum Gasteiger partial charge on any atom is -0.439 e. The van der Waals surface area contributed by atoms with Crippen LogP contribution in [-0.4, -0.2) is 15.0 Å². The highest BCUT2D eigenvalue weighted by molar-refractivity contribution is 5.58. The Morgan fingerprint density at radius 2 is 1.78 bits per heavy atom. The normalized spacial score (nSPS) is 10.7. The Labute approximate surface area is 158 Å². The van der Waals surface area contributed by atoms with Gasteiger partial charge >= 0.3 is 0 Å². The van der Waals surface area contributed by atoms with Gasteiger partial charge in [0.1, 0.15) is 17.3 Å². The van der Waals surface area contributed by atoms with Gasteiger partial charge in [0.25, 0.3) is 0 Å². The lowest BCUT2D eigenvalue weighted by atomic mass is 10.1. The summed E-state index contributed by atoms with van der Waals surface area (Å²) in [7, 11) is 0. The van der Waals surface area contributed by atoms with Crippen LogP contribution in [0.2, 0.25) is 0 Å². The number of pyridine rings is 2. The van der Waals surface area contributed by atoms with Crippen molar-refractivity contribution in [1.82, 2.24) is 15.0 Å². The summed E-state index contributed by atoms with van der Waals surface area (Å²) in [5.41, 5.74) is 3.15. The minimum atomic E-state index is 0.666. The van der Waals surface area contributed by atoms with E-state index in [1.165, 1.54) is 5.56 Å². The van der Waals surface area contributed by atoms with Crippen molar-refractivity contribution in [3.63, 3.8) is 0 Å². The van der Waals surface area contributed by atoms with Crippen LogP contribution >= 0.6 is 0 Å². The molecule has 0 spiro atoms. The lowest BCUT2D eigenvalue weighted by Crippen LogP contribution is -1.96. The standard InChI is InChI=1S/C22H20N4O/c1-16-12-13-23-21(14-16)26-20-9-5-8-18(25-20)19-15-24-22(27-19)11-10-17-6-3-2-4-7-17/h2-9,12-15H,10-11H2,1H3,(H,23,25,26). The molecule has 0 aliphatic heterocycles. The summed E-state index contributed by atoms with van der Waals surface area (Å²) < 4.78 is 5.90. The van der Waals surface area contributed by atoms with Crippen molar-refractivity contribution < 1.29 is 4.42 Å². The molecule has 5 nitrogen and oxygen atoms in total. The fourth-order valence-corrected chi connectivity index (χ4v) is 2.82. The number of rotatable bonds is 6. The number of anilines is 2. The number of nitrogens with zero attached hydrogens (tertiary/aromatic N) is 3. The molecule has 1 N–H and O–H groups in total. The number of aryl methyl sites for hydroxylation is 3. The third kappa shape index (κ3) is 4.39. The van der Waals surface area contributed by atoms with Gasteiger partial charge in [-0.15, -0.1) is 0 Å². The molecule has 5 heteroatoms. The molecule has 0 aliphatic rings. The maximum atomic E-state index is 5.90. The smallest absolute Gasteiger partial charge is 0.195 e. The second-order valence-electron chi connectivity index (χ2n) is 6.36. The number of nitrogens with one attached hydrogen (secondary N) is 1. The van der Waals surface area contributed by atoms with Gasteiger partial charge in [-0.1, -0.05) is 36.4 Å². The Balaban J connectivity index is 1.46. The molecule has 3 heterocycles. The van der Waals surface area contributed by atoms with Crippen LogP contribution < -0.4 is 5.32 Å². The van der Waals surface area contributed by atoms with E-state index in [1.807, 2.05) is 55.5 Å². The Hall–Kier alpha value is -3.47. The van der Waals surface area contributed by atoms with E-state index < -0.39 is 0 Å². The average Bonchev–Trinajstić information content (AvgIpc) is 3.17. The molecular formula is C22H20N4O. The van der Waals surface area contributed by atoms with Gasteiger partial charge in [-0.2, -0.15) is 0 Å². The summed E-state index contributed by atoms with van der Waals surface area (Å²) in [5.74, 6) is 2.86. The first-order valence-corrected chi connectivity index (χ1v) is 8.92. The molecule has 4 rings (SSSR count). The van der Waals surface area contributed by atoms with E-state index >= 15 is 0 Å². The third-order valence-electron chi connectivity index (χ3n) is 4.20. The fraction of sp³-hybridized carbons (Fsp3) is 0.136. The number of benzene rings is 1. The zero-order chi connectivity index (χ0) is 18.5. The van der Waals surface area contributed by atoms with Crippen molar-refractivity contribution in [3.8, 4) is 11.5 Å². The topological polar surface area (TPSA) is 63.8 Å². The Morgan fingerprint density at radius 1 is 0.889 bits per heavy atom. The summed E-state index contributed by atoms with van der Waals surface area (Å²) in [5, 5.41) is 3.22. The monoisotopic (exact) mass is 356 g/mol. The van der Waals surface area contributed by atoms with Crippen LogP contribution in [0.25, 0.3) is 11.5 Å². The van der Waals surface area contributed by atoms with Crippen LogP contribution in [0.1, 0.15) is 17.0 Å². The van der Waals surface area contributed by atoms with Crippen molar-refractivity contribution in [1.29, 1.82) is 0 Å². The summed E-state index contributed by atoms with van der Waals surface area (Å²) in [6, 6.07) is 20.0. The van der Waals surface area contributed by atoms with Crippen LogP contribution in [0, 0.1) is 6.92 Å². The van der Waals surface area contributed by atoms with Crippen LogP contribution in [0.3, 0.4) is 0 Å². The summed E-state index contributed by atoms with van der Waals surface area (Å²) >= 11 is 0. The summed E-state index contributed by atoms with van der Waals surface area (Å²) in [6.45, 7) is 2.03. The third-order valence-corrected chi connectivity index (χ3v) is 4.20. The number of oxazole rings is 1. The largest absolute Gasteiger partial charge is 0.439 e. The molecule has 0 unspecified atom stereocenters. The first-order chi connectivity index (χ1) is 13.3. The van der Waals surface area contributed by atoms with Crippen LogP contribution in [0.4, 0.5) is 11.6 Å². The summed E-state index contributed by atoms with van der Waals surface area (Å²) in [6.07, 6.45) is 5.17. The molecule has 27 heavy (non-hydrogen) atoms. The average molecular weight is 356 g/mol. The molecule has 1 aromatic carbocycles. The molecule has 0 atom stereocenters. The highest BCUT2D eigenvalue weighted by Crippen LogP contribution is 2.22. The van der Waals surface area contributed by atoms with Gasteiger partial charge in [-0.25, -0.2) is 15.0 Å². The highest BCUT2D eigenvalue weighted by atomic mass is 16.4. The van der Waals surface area contributed by atoms with Crippen molar-refractivity contribution in [2.45, 2.75) is 19.8 Å². The van der Waals surface area contributed by atoms with Crippen molar-refractivity contribution in [3.05, 3.63) is 90.1 Å². The molecule has 3 aromatic heterocycles. The van der Waals surface area contributed by atoms with Gasteiger partial charge < -0.3 is 9.73 Å². The molecular weight excluding hydrogens is 336 g/mol. The Bertz CT molecular complexity index is 1030. The zero-order valence-electron chi connectivity index (χ0n) is 15.1. The second kappa shape index (κ2) is 7.83. The molecule has 0 amide bonds.